The van der Waals surface area contributed by atoms with Crippen molar-refractivity contribution < 1.29 is 9.18 Å². The van der Waals surface area contributed by atoms with E-state index in [0.29, 0.717) is 18.5 Å². The number of aromatic amines is 1. The van der Waals surface area contributed by atoms with Gasteiger partial charge >= 0.3 is 0 Å². The van der Waals surface area contributed by atoms with E-state index >= 15 is 0 Å². The third-order valence-corrected chi connectivity index (χ3v) is 3.90. The Bertz CT molecular complexity index is 527. The van der Waals surface area contributed by atoms with Crippen LogP contribution < -0.4 is 0 Å². The summed E-state index contributed by atoms with van der Waals surface area (Å²) in [5.74, 6) is -0.0759. The molecule has 19 heavy (non-hydrogen) atoms. The molecule has 1 amide bonds. The third kappa shape index (κ3) is 2.42. The van der Waals surface area contributed by atoms with E-state index in [0.717, 1.165) is 37.4 Å². The van der Waals surface area contributed by atoms with Crippen molar-refractivity contribution in [2.24, 2.45) is 0 Å². The fourth-order valence-corrected chi connectivity index (χ4v) is 2.64. The number of hydrogen-bond acceptors (Lipinski definition) is 2. The highest BCUT2D eigenvalue weighted by Crippen LogP contribution is 2.23. The van der Waals surface area contributed by atoms with Crippen molar-refractivity contribution >= 4 is 5.91 Å². The molecule has 0 aromatic carbocycles. The van der Waals surface area contributed by atoms with Gasteiger partial charge in [0.15, 0.2) is 0 Å². The van der Waals surface area contributed by atoms with Gasteiger partial charge in [0.2, 0.25) is 0 Å². The maximum absolute atomic E-state index is 13.2. The first-order chi connectivity index (χ1) is 9.13. The second-order valence-electron chi connectivity index (χ2n) is 5.31. The van der Waals surface area contributed by atoms with Gasteiger partial charge in [0.1, 0.15) is 11.5 Å². The zero-order valence-corrected chi connectivity index (χ0v) is 11.1. The number of piperazine rings is 1. The van der Waals surface area contributed by atoms with E-state index in [1.807, 2.05) is 11.0 Å². The molecule has 1 aromatic rings. The topological polar surface area (TPSA) is 39.3 Å². The van der Waals surface area contributed by atoms with Crippen molar-refractivity contribution in [2.45, 2.75) is 12.8 Å². The summed E-state index contributed by atoms with van der Waals surface area (Å²) in [5, 5.41) is 0. The van der Waals surface area contributed by atoms with Crippen LogP contribution in [0.25, 0.3) is 0 Å². The van der Waals surface area contributed by atoms with E-state index in [-0.39, 0.29) is 11.7 Å². The first kappa shape index (κ1) is 12.4. The summed E-state index contributed by atoms with van der Waals surface area (Å²) in [6.07, 6.45) is 2.43. The summed E-state index contributed by atoms with van der Waals surface area (Å²) in [4.78, 5) is 19.6. The van der Waals surface area contributed by atoms with Crippen molar-refractivity contribution in [1.29, 1.82) is 0 Å². The van der Waals surface area contributed by atoms with Crippen LogP contribution in [0.5, 0.6) is 0 Å². The lowest BCUT2D eigenvalue weighted by Crippen LogP contribution is -2.47. The second kappa shape index (κ2) is 4.81. The number of likely N-dealkylation sites (N-methyl/N-ethyl adjacent to an activating group) is 1. The standard InChI is InChI=1S/C14H18FN3O/c1-17-4-6-18(7-5-17)14(19)13-9-10-8-11(15)2-3-12(10)16-13/h2,9,16H,3-8H2,1H3. The molecule has 1 aromatic heterocycles. The van der Waals surface area contributed by atoms with Gasteiger partial charge in [-0.2, -0.15) is 0 Å². The molecule has 1 aliphatic heterocycles. The predicted octanol–water partition coefficient (Wildman–Crippen LogP) is 1.35. The number of rotatable bonds is 1. The molecule has 102 valence electrons. The number of carbonyl (C=O) groups excluding carboxylic acids is 1. The lowest BCUT2D eigenvalue weighted by molar-refractivity contribution is 0.0658. The fourth-order valence-electron chi connectivity index (χ4n) is 2.64. The van der Waals surface area contributed by atoms with Crippen molar-refractivity contribution in [2.75, 3.05) is 33.2 Å². The second-order valence-corrected chi connectivity index (χ2v) is 5.31. The van der Waals surface area contributed by atoms with Gasteiger partial charge in [-0.25, -0.2) is 4.39 Å². The van der Waals surface area contributed by atoms with Gasteiger partial charge in [-0.1, -0.05) is 0 Å². The number of halogens is 1. The van der Waals surface area contributed by atoms with Gasteiger partial charge in [-0.3, -0.25) is 4.79 Å². The molecule has 1 saturated heterocycles. The Hall–Kier alpha value is -1.62. The average molecular weight is 263 g/mol. The van der Waals surface area contributed by atoms with Crippen LogP contribution in [0.2, 0.25) is 0 Å². The van der Waals surface area contributed by atoms with Crippen LogP contribution >= 0.6 is 0 Å². The van der Waals surface area contributed by atoms with Crippen LogP contribution in [-0.4, -0.2) is 53.9 Å². The van der Waals surface area contributed by atoms with Gasteiger partial charge in [-0.15, -0.1) is 0 Å². The molecule has 5 heteroatoms. The van der Waals surface area contributed by atoms with Crippen molar-refractivity contribution in [3.8, 4) is 0 Å². The minimum absolute atomic E-state index is 0.0305. The Kier molecular flexibility index (Phi) is 3.14. The molecular weight excluding hydrogens is 245 g/mol. The summed E-state index contributed by atoms with van der Waals surface area (Å²) >= 11 is 0. The van der Waals surface area contributed by atoms with E-state index in [9.17, 15) is 9.18 Å². The number of hydrogen-bond donors (Lipinski definition) is 1. The van der Waals surface area contributed by atoms with E-state index in [1.165, 1.54) is 0 Å². The maximum Gasteiger partial charge on any atom is 0.270 e. The third-order valence-electron chi connectivity index (χ3n) is 3.90. The molecule has 0 atom stereocenters. The first-order valence-corrected chi connectivity index (χ1v) is 6.66. The van der Waals surface area contributed by atoms with Gasteiger partial charge in [0.25, 0.3) is 5.91 Å². The molecule has 2 aliphatic rings. The Labute approximate surface area is 111 Å². The van der Waals surface area contributed by atoms with Crippen LogP contribution in [0.4, 0.5) is 4.39 Å². The SMILES string of the molecule is CN1CCN(C(=O)c2cc3c([nH]2)CC=C(F)C3)CC1. The smallest absolute Gasteiger partial charge is 0.270 e. The minimum atomic E-state index is -0.106. The zero-order chi connectivity index (χ0) is 13.4. The number of allylic oxidation sites excluding steroid dienone is 2. The number of aromatic nitrogens is 1. The van der Waals surface area contributed by atoms with Gasteiger partial charge < -0.3 is 14.8 Å². The van der Waals surface area contributed by atoms with Crippen LogP contribution in [-0.2, 0) is 12.8 Å². The van der Waals surface area contributed by atoms with Crippen molar-refractivity contribution in [3.05, 3.63) is 34.9 Å². The Morgan fingerprint density at radius 3 is 2.79 bits per heavy atom. The Morgan fingerprint density at radius 1 is 1.32 bits per heavy atom. The molecule has 1 aliphatic carbocycles. The number of H-pyrrole nitrogens is 1. The summed E-state index contributed by atoms with van der Waals surface area (Å²) in [6, 6.07) is 1.81. The lowest BCUT2D eigenvalue weighted by atomic mass is 10.0. The van der Waals surface area contributed by atoms with E-state index in [4.69, 9.17) is 0 Å². The summed E-state index contributed by atoms with van der Waals surface area (Å²) in [5.41, 5.74) is 2.48. The highest BCUT2D eigenvalue weighted by Gasteiger charge is 2.23. The number of carbonyl (C=O) groups is 1. The molecular formula is C14H18FN3O. The maximum atomic E-state index is 13.2. The lowest BCUT2D eigenvalue weighted by Gasteiger charge is -2.32. The molecule has 4 nitrogen and oxygen atoms in total. The molecule has 2 heterocycles. The molecule has 1 fully saturated rings. The number of nitrogens with zero attached hydrogens (tertiary/aromatic N) is 2. The molecule has 3 rings (SSSR count). The summed E-state index contributed by atoms with van der Waals surface area (Å²) in [6.45, 7) is 3.32. The molecule has 0 bridgehead atoms. The highest BCUT2D eigenvalue weighted by molar-refractivity contribution is 5.93. The molecule has 0 unspecified atom stereocenters. The normalized spacial score (nSPS) is 20.1. The largest absolute Gasteiger partial charge is 0.354 e. The van der Waals surface area contributed by atoms with Gasteiger partial charge in [-0.05, 0) is 24.8 Å². The molecule has 0 saturated carbocycles. The van der Waals surface area contributed by atoms with Crippen molar-refractivity contribution in [3.63, 3.8) is 0 Å². The van der Waals surface area contributed by atoms with Crippen LogP contribution in [0.3, 0.4) is 0 Å². The Balaban J connectivity index is 1.74. The molecule has 0 radical (unpaired) electrons. The number of amides is 1. The molecule has 1 N–H and O–H groups in total. The molecule has 0 spiro atoms. The summed E-state index contributed by atoms with van der Waals surface area (Å²) < 4.78 is 13.2. The minimum Gasteiger partial charge on any atom is -0.354 e. The number of nitrogens with one attached hydrogen (secondary N) is 1. The van der Waals surface area contributed by atoms with E-state index in [2.05, 4.69) is 16.9 Å². The van der Waals surface area contributed by atoms with Crippen LogP contribution in [0.1, 0.15) is 21.7 Å². The zero-order valence-electron chi connectivity index (χ0n) is 11.1. The van der Waals surface area contributed by atoms with E-state index in [1.54, 1.807) is 6.08 Å². The predicted molar refractivity (Wildman–Crippen MR) is 70.8 cm³/mol. The quantitative estimate of drug-likeness (QED) is 0.831. The highest BCUT2D eigenvalue weighted by atomic mass is 19.1. The first-order valence-electron chi connectivity index (χ1n) is 6.66. The van der Waals surface area contributed by atoms with E-state index < -0.39 is 0 Å². The van der Waals surface area contributed by atoms with Gasteiger partial charge in [0, 0.05) is 44.7 Å². The number of fused-ring (bicyclic) bond motifs is 1. The monoisotopic (exact) mass is 263 g/mol. The summed E-state index contributed by atoms with van der Waals surface area (Å²) in [7, 11) is 2.06. The van der Waals surface area contributed by atoms with Crippen LogP contribution in [0, 0.1) is 0 Å². The van der Waals surface area contributed by atoms with Crippen molar-refractivity contribution in [1.82, 2.24) is 14.8 Å². The van der Waals surface area contributed by atoms with Crippen LogP contribution in [0.15, 0.2) is 18.0 Å². The fraction of sp³-hybridized carbons (Fsp3) is 0.500. The van der Waals surface area contributed by atoms with Gasteiger partial charge in [0.05, 0.1) is 0 Å². The average Bonchev–Trinajstić information content (AvgIpc) is 2.81. The Morgan fingerprint density at radius 2 is 2.05 bits per heavy atom.